The summed E-state index contributed by atoms with van der Waals surface area (Å²) < 4.78 is 42.3. The van der Waals surface area contributed by atoms with Gasteiger partial charge in [0.05, 0.1) is 29.2 Å². The van der Waals surface area contributed by atoms with Crippen LogP contribution >= 0.6 is 0 Å². The molecule has 1 aromatic carbocycles. The van der Waals surface area contributed by atoms with E-state index >= 15 is 0 Å². The number of methoxy groups -OCH3 is 1. The molecule has 2 rings (SSSR count). The standard InChI is InChI=1S/C16H14F3N3O4/c1-9(10-3-5-12(6-4-10)16(17,18)19)21-14-13(22(24)25)7-11(8-20-14)15(23)26-2/h3-9H,1-2H3,(H,20,21). The van der Waals surface area contributed by atoms with Gasteiger partial charge in [-0.1, -0.05) is 12.1 Å². The van der Waals surface area contributed by atoms with Crippen molar-refractivity contribution >= 4 is 17.5 Å². The van der Waals surface area contributed by atoms with E-state index in [4.69, 9.17) is 0 Å². The normalized spacial score (nSPS) is 12.3. The number of hydrogen-bond acceptors (Lipinski definition) is 6. The number of anilines is 1. The molecule has 0 saturated heterocycles. The van der Waals surface area contributed by atoms with Crippen LogP contribution < -0.4 is 5.32 Å². The molecule has 10 heteroatoms. The second kappa shape index (κ2) is 7.38. The molecular formula is C16H14F3N3O4. The van der Waals surface area contributed by atoms with Crippen molar-refractivity contribution in [3.05, 3.63) is 63.3 Å². The Hall–Kier alpha value is -3.17. The van der Waals surface area contributed by atoms with Crippen molar-refractivity contribution in [3.8, 4) is 0 Å². The van der Waals surface area contributed by atoms with Crippen LogP contribution in [0.4, 0.5) is 24.7 Å². The first kappa shape index (κ1) is 19.2. The van der Waals surface area contributed by atoms with Crippen molar-refractivity contribution in [2.24, 2.45) is 0 Å². The van der Waals surface area contributed by atoms with Crippen molar-refractivity contribution in [2.45, 2.75) is 19.1 Å². The number of benzene rings is 1. The van der Waals surface area contributed by atoms with Gasteiger partial charge in [0, 0.05) is 12.3 Å². The minimum Gasteiger partial charge on any atom is -0.465 e. The zero-order valence-corrected chi connectivity index (χ0v) is 13.7. The Morgan fingerprint density at radius 2 is 1.92 bits per heavy atom. The van der Waals surface area contributed by atoms with Gasteiger partial charge in [-0.05, 0) is 24.6 Å². The van der Waals surface area contributed by atoms with E-state index < -0.39 is 34.4 Å². The van der Waals surface area contributed by atoms with Gasteiger partial charge in [-0.15, -0.1) is 0 Å². The molecule has 1 atom stereocenters. The Bertz CT molecular complexity index is 822. The van der Waals surface area contributed by atoms with E-state index in [2.05, 4.69) is 15.0 Å². The molecule has 0 amide bonds. The van der Waals surface area contributed by atoms with Gasteiger partial charge in [0.1, 0.15) is 0 Å². The lowest BCUT2D eigenvalue weighted by Crippen LogP contribution is -2.12. The number of ether oxygens (including phenoxy) is 1. The van der Waals surface area contributed by atoms with E-state index in [1.165, 1.54) is 12.1 Å². The molecule has 0 fully saturated rings. The lowest BCUT2D eigenvalue weighted by Gasteiger charge is -2.16. The molecule has 0 spiro atoms. The van der Waals surface area contributed by atoms with Crippen molar-refractivity contribution in [1.29, 1.82) is 0 Å². The summed E-state index contributed by atoms with van der Waals surface area (Å²) in [5, 5.41) is 14.0. The first-order valence-corrected chi connectivity index (χ1v) is 7.30. The predicted octanol–water partition coefficient (Wildman–Crippen LogP) is 3.97. The molecule has 1 aromatic heterocycles. The Morgan fingerprint density at radius 3 is 2.42 bits per heavy atom. The Labute approximate surface area is 146 Å². The predicted molar refractivity (Wildman–Crippen MR) is 85.7 cm³/mol. The molecule has 1 heterocycles. The third kappa shape index (κ3) is 4.26. The number of nitrogens with zero attached hydrogens (tertiary/aromatic N) is 2. The summed E-state index contributed by atoms with van der Waals surface area (Å²) in [6.07, 6.45) is -3.33. The van der Waals surface area contributed by atoms with Gasteiger partial charge in [-0.3, -0.25) is 10.1 Å². The number of aromatic nitrogens is 1. The van der Waals surface area contributed by atoms with Crippen LogP contribution in [0.15, 0.2) is 36.5 Å². The van der Waals surface area contributed by atoms with Gasteiger partial charge in [0.15, 0.2) is 0 Å². The zero-order valence-electron chi connectivity index (χ0n) is 13.7. The Kier molecular flexibility index (Phi) is 5.44. The van der Waals surface area contributed by atoms with Crippen LogP contribution in [0.1, 0.15) is 34.5 Å². The smallest absolute Gasteiger partial charge is 0.416 e. The van der Waals surface area contributed by atoms with Gasteiger partial charge < -0.3 is 10.1 Å². The highest BCUT2D eigenvalue weighted by Gasteiger charge is 2.30. The highest BCUT2D eigenvalue weighted by Crippen LogP contribution is 2.31. The molecule has 1 unspecified atom stereocenters. The molecule has 1 N–H and O–H groups in total. The fourth-order valence-corrected chi connectivity index (χ4v) is 2.18. The summed E-state index contributed by atoms with van der Waals surface area (Å²) >= 11 is 0. The number of nitrogens with one attached hydrogen (secondary N) is 1. The fourth-order valence-electron chi connectivity index (χ4n) is 2.18. The lowest BCUT2D eigenvalue weighted by atomic mass is 10.1. The monoisotopic (exact) mass is 369 g/mol. The van der Waals surface area contributed by atoms with Crippen LogP contribution in [0.3, 0.4) is 0 Å². The number of pyridine rings is 1. The maximum atomic E-state index is 12.6. The van der Waals surface area contributed by atoms with Crippen LogP contribution in [-0.4, -0.2) is 23.0 Å². The average Bonchev–Trinajstić information content (AvgIpc) is 2.60. The molecule has 0 bridgehead atoms. The second-order valence-electron chi connectivity index (χ2n) is 5.33. The average molecular weight is 369 g/mol. The molecule has 0 radical (unpaired) electrons. The molecule has 0 aliphatic rings. The van der Waals surface area contributed by atoms with Crippen molar-refractivity contribution in [1.82, 2.24) is 4.98 Å². The minimum atomic E-state index is -4.45. The summed E-state index contributed by atoms with van der Waals surface area (Å²) in [7, 11) is 1.13. The SMILES string of the molecule is COC(=O)c1cnc(NC(C)c2ccc(C(F)(F)F)cc2)c([N+](=O)[O-])c1. The van der Waals surface area contributed by atoms with Crippen molar-refractivity contribution in [2.75, 3.05) is 12.4 Å². The van der Waals surface area contributed by atoms with Crippen LogP contribution in [0.5, 0.6) is 0 Å². The summed E-state index contributed by atoms with van der Waals surface area (Å²) in [6, 6.07) is 4.85. The van der Waals surface area contributed by atoms with E-state index in [0.29, 0.717) is 5.56 Å². The van der Waals surface area contributed by atoms with E-state index in [1.54, 1.807) is 6.92 Å². The molecule has 0 aliphatic heterocycles. The highest BCUT2D eigenvalue weighted by atomic mass is 19.4. The van der Waals surface area contributed by atoms with Crippen molar-refractivity contribution < 1.29 is 27.6 Å². The van der Waals surface area contributed by atoms with Gasteiger partial charge in [0.25, 0.3) is 0 Å². The third-order valence-electron chi connectivity index (χ3n) is 3.58. The first-order valence-electron chi connectivity index (χ1n) is 7.30. The molecule has 2 aromatic rings. The molecule has 0 saturated carbocycles. The van der Waals surface area contributed by atoms with Crippen LogP contribution in [-0.2, 0) is 10.9 Å². The zero-order chi connectivity index (χ0) is 19.5. The van der Waals surface area contributed by atoms with Crippen LogP contribution in [0.25, 0.3) is 0 Å². The van der Waals surface area contributed by atoms with Crippen LogP contribution in [0.2, 0.25) is 0 Å². The lowest BCUT2D eigenvalue weighted by molar-refractivity contribution is -0.384. The maximum Gasteiger partial charge on any atom is 0.416 e. The van der Waals surface area contributed by atoms with Crippen LogP contribution in [0, 0.1) is 10.1 Å². The van der Waals surface area contributed by atoms with Gasteiger partial charge in [-0.2, -0.15) is 13.2 Å². The van der Waals surface area contributed by atoms with Gasteiger partial charge >= 0.3 is 17.8 Å². The topological polar surface area (TPSA) is 94.4 Å². The Morgan fingerprint density at radius 1 is 1.31 bits per heavy atom. The number of esters is 1. The molecule has 26 heavy (non-hydrogen) atoms. The number of carbonyl (C=O) groups excluding carboxylic acids is 1. The quantitative estimate of drug-likeness (QED) is 0.487. The number of carbonyl (C=O) groups is 1. The minimum absolute atomic E-state index is 0.0908. The molecular weight excluding hydrogens is 355 g/mol. The van der Waals surface area contributed by atoms with E-state index in [-0.39, 0.29) is 11.4 Å². The molecule has 0 aliphatic carbocycles. The molecule has 7 nitrogen and oxygen atoms in total. The van der Waals surface area contributed by atoms with E-state index in [0.717, 1.165) is 31.5 Å². The fraction of sp³-hybridized carbons (Fsp3) is 0.250. The summed E-state index contributed by atoms with van der Waals surface area (Å²) in [5.41, 5.74) is -0.857. The van der Waals surface area contributed by atoms with E-state index in [1.807, 2.05) is 0 Å². The summed E-state index contributed by atoms with van der Waals surface area (Å²) in [4.78, 5) is 25.8. The second-order valence-corrected chi connectivity index (χ2v) is 5.33. The third-order valence-corrected chi connectivity index (χ3v) is 3.58. The summed E-state index contributed by atoms with van der Waals surface area (Å²) in [6.45, 7) is 1.61. The largest absolute Gasteiger partial charge is 0.465 e. The maximum absolute atomic E-state index is 12.6. The number of halogens is 3. The number of rotatable bonds is 5. The first-order chi connectivity index (χ1) is 12.1. The summed E-state index contributed by atoms with van der Waals surface area (Å²) in [5.74, 6) is -0.891. The molecule has 138 valence electrons. The number of hydrogen-bond donors (Lipinski definition) is 1. The highest BCUT2D eigenvalue weighted by molar-refractivity contribution is 5.90. The van der Waals surface area contributed by atoms with E-state index in [9.17, 15) is 28.1 Å². The van der Waals surface area contributed by atoms with Crippen molar-refractivity contribution in [3.63, 3.8) is 0 Å². The number of alkyl halides is 3. The Balaban J connectivity index is 2.26. The van der Waals surface area contributed by atoms with Gasteiger partial charge in [-0.25, -0.2) is 9.78 Å². The number of nitro groups is 1. The van der Waals surface area contributed by atoms with Gasteiger partial charge in [0.2, 0.25) is 5.82 Å².